The first-order valence-corrected chi connectivity index (χ1v) is 9.87. The second kappa shape index (κ2) is 7.26. The van der Waals surface area contributed by atoms with E-state index < -0.39 is 0 Å². The lowest BCUT2D eigenvalue weighted by Gasteiger charge is -2.10. The second-order valence-corrected chi connectivity index (χ2v) is 7.43. The zero-order valence-corrected chi connectivity index (χ0v) is 16.5. The summed E-state index contributed by atoms with van der Waals surface area (Å²) in [6.07, 6.45) is 3.77. The molecule has 1 aliphatic rings. The number of nitrogens with zero attached hydrogens (tertiary/aromatic N) is 4. The van der Waals surface area contributed by atoms with Crippen LogP contribution in [0.5, 0.6) is 5.75 Å². The van der Waals surface area contributed by atoms with E-state index in [4.69, 9.17) is 4.74 Å². The van der Waals surface area contributed by atoms with Crippen LogP contribution < -0.4 is 10.3 Å². The van der Waals surface area contributed by atoms with Gasteiger partial charge in [0.05, 0.1) is 24.7 Å². The molecule has 0 spiro atoms. The zero-order chi connectivity index (χ0) is 20.7. The second-order valence-electron chi connectivity index (χ2n) is 7.43. The predicted molar refractivity (Wildman–Crippen MR) is 112 cm³/mol. The van der Waals surface area contributed by atoms with Crippen LogP contribution in [-0.2, 0) is 6.54 Å². The van der Waals surface area contributed by atoms with Crippen molar-refractivity contribution in [1.82, 2.24) is 19.6 Å². The van der Waals surface area contributed by atoms with Gasteiger partial charge < -0.3 is 4.74 Å². The van der Waals surface area contributed by atoms with Crippen molar-refractivity contribution in [3.05, 3.63) is 82.4 Å². The summed E-state index contributed by atoms with van der Waals surface area (Å²) >= 11 is 0. The zero-order valence-electron chi connectivity index (χ0n) is 16.5. The van der Waals surface area contributed by atoms with Crippen molar-refractivity contribution in [1.29, 1.82) is 0 Å². The van der Waals surface area contributed by atoms with E-state index in [2.05, 4.69) is 10.2 Å². The van der Waals surface area contributed by atoms with E-state index in [1.54, 1.807) is 42.3 Å². The number of rotatable bonds is 6. The van der Waals surface area contributed by atoms with Gasteiger partial charge >= 0.3 is 0 Å². The van der Waals surface area contributed by atoms with Crippen LogP contribution in [0.3, 0.4) is 0 Å². The summed E-state index contributed by atoms with van der Waals surface area (Å²) in [4.78, 5) is 26.1. The highest BCUT2D eigenvalue weighted by Gasteiger charge is 2.30. The highest BCUT2D eigenvalue weighted by atomic mass is 16.5. The molecule has 0 unspecified atom stereocenters. The van der Waals surface area contributed by atoms with Gasteiger partial charge in [-0.3, -0.25) is 9.59 Å². The predicted octanol–water partition coefficient (Wildman–Crippen LogP) is 3.35. The quantitative estimate of drug-likeness (QED) is 0.464. The molecule has 0 bridgehead atoms. The topological polar surface area (TPSA) is 79.0 Å². The smallest absolute Gasteiger partial charge is 0.293 e. The summed E-state index contributed by atoms with van der Waals surface area (Å²) in [7, 11) is 1.57. The SMILES string of the molecule is COc1ccc(C(=O)Cn2nc(C3CC3)c3cnn(-c4ccccc4)c3c2=O)cc1. The van der Waals surface area contributed by atoms with Crippen LogP contribution in [0.1, 0.15) is 34.8 Å². The van der Waals surface area contributed by atoms with E-state index >= 15 is 0 Å². The lowest BCUT2D eigenvalue weighted by atomic mass is 10.1. The maximum absolute atomic E-state index is 13.3. The summed E-state index contributed by atoms with van der Waals surface area (Å²) in [6, 6.07) is 16.4. The largest absolute Gasteiger partial charge is 0.497 e. The minimum atomic E-state index is -0.322. The molecular weight excluding hydrogens is 380 g/mol. The first-order chi connectivity index (χ1) is 14.7. The number of fused-ring (bicyclic) bond motifs is 1. The average Bonchev–Trinajstić information content (AvgIpc) is 3.53. The summed E-state index contributed by atoms with van der Waals surface area (Å²) in [5.74, 6) is 0.800. The highest BCUT2D eigenvalue weighted by Crippen LogP contribution is 2.41. The van der Waals surface area contributed by atoms with E-state index in [-0.39, 0.29) is 17.9 Å². The standard InChI is InChI=1S/C23H20N4O3/c1-30-18-11-9-15(10-12-18)20(28)14-26-23(29)22-19(21(25-26)16-7-8-16)13-24-27(22)17-5-3-2-4-6-17/h2-6,9-13,16H,7-8,14H2,1H3. The van der Waals surface area contributed by atoms with E-state index in [9.17, 15) is 9.59 Å². The summed E-state index contributed by atoms with van der Waals surface area (Å²) in [6.45, 7) is -0.124. The highest BCUT2D eigenvalue weighted by molar-refractivity contribution is 5.96. The van der Waals surface area contributed by atoms with Crippen LogP contribution in [0, 0.1) is 0 Å². The van der Waals surface area contributed by atoms with E-state index in [0.29, 0.717) is 22.7 Å². The average molecular weight is 400 g/mol. The van der Waals surface area contributed by atoms with Gasteiger partial charge in [0.25, 0.3) is 5.56 Å². The number of methoxy groups -OCH3 is 1. The first kappa shape index (κ1) is 18.3. The molecule has 30 heavy (non-hydrogen) atoms. The van der Waals surface area contributed by atoms with Crippen LogP contribution in [-0.4, -0.2) is 32.5 Å². The molecule has 0 saturated heterocycles. The Hall–Kier alpha value is -3.74. The van der Waals surface area contributed by atoms with Gasteiger partial charge in [0.15, 0.2) is 5.78 Å². The van der Waals surface area contributed by atoms with Gasteiger partial charge in [0, 0.05) is 16.9 Å². The Kier molecular flexibility index (Phi) is 4.43. The molecule has 0 amide bonds. The number of carbonyl (C=O) groups excluding carboxylic acids is 1. The maximum atomic E-state index is 13.3. The molecule has 0 radical (unpaired) electrons. The maximum Gasteiger partial charge on any atom is 0.293 e. The minimum Gasteiger partial charge on any atom is -0.497 e. The lowest BCUT2D eigenvalue weighted by molar-refractivity contribution is 0.0965. The van der Waals surface area contributed by atoms with E-state index in [1.165, 1.54) is 4.68 Å². The molecule has 0 aliphatic heterocycles. The fraction of sp³-hybridized carbons (Fsp3) is 0.217. The Morgan fingerprint density at radius 3 is 2.50 bits per heavy atom. The molecule has 2 heterocycles. The molecular formula is C23H20N4O3. The molecule has 1 fully saturated rings. The number of hydrogen-bond acceptors (Lipinski definition) is 5. The number of ketones is 1. The van der Waals surface area contributed by atoms with Crippen molar-refractivity contribution in [3.63, 3.8) is 0 Å². The number of carbonyl (C=O) groups is 1. The Bertz CT molecular complexity index is 1290. The summed E-state index contributed by atoms with van der Waals surface area (Å²) < 4.78 is 8.06. The number of hydrogen-bond donors (Lipinski definition) is 0. The molecule has 4 aromatic rings. The van der Waals surface area contributed by atoms with Crippen LogP contribution in [0.4, 0.5) is 0 Å². The molecule has 2 aromatic heterocycles. The third kappa shape index (κ3) is 3.18. The summed E-state index contributed by atoms with van der Waals surface area (Å²) in [5.41, 5.74) is 2.28. The van der Waals surface area contributed by atoms with Crippen molar-refractivity contribution < 1.29 is 9.53 Å². The molecule has 2 aromatic carbocycles. The Balaban J connectivity index is 1.60. The van der Waals surface area contributed by atoms with Crippen LogP contribution >= 0.6 is 0 Å². The van der Waals surface area contributed by atoms with Crippen LogP contribution in [0.25, 0.3) is 16.6 Å². The Morgan fingerprint density at radius 2 is 1.83 bits per heavy atom. The molecule has 150 valence electrons. The lowest BCUT2D eigenvalue weighted by Crippen LogP contribution is -2.29. The van der Waals surface area contributed by atoms with Gasteiger partial charge in [-0.05, 0) is 49.2 Å². The molecule has 1 saturated carbocycles. The van der Waals surface area contributed by atoms with Gasteiger partial charge in [-0.1, -0.05) is 18.2 Å². The van der Waals surface area contributed by atoms with Gasteiger partial charge in [0.1, 0.15) is 17.8 Å². The Morgan fingerprint density at radius 1 is 1.10 bits per heavy atom. The van der Waals surface area contributed by atoms with E-state index in [0.717, 1.165) is 29.6 Å². The molecule has 1 aliphatic carbocycles. The van der Waals surface area contributed by atoms with Crippen molar-refractivity contribution in [2.75, 3.05) is 7.11 Å². The number of ether oxygens (including phenoxy) is 1. The monoisotopic (exact) mass is 400 g/mol. The van der Waals surface area contributed by atoms with Crippen molar-refractivity contribution in [3.8, 4) is 11.4 Å². The van der Waals surface area contributed by atoms with Crippen LogP contribution in [0.2, 0.25) is 0 Å². The number of benzene rings is 2. The number of para-hydroxylation sites is 1. The number of aromatic nitrogens is 4. The summed E-state index contributed by atoms with van der Waals surface area (Å²) in [5, 5.41) is 9.80. The fourth-order valence-corrected chi connectivity index (χ4v) is 3.63. The van der Waals surface area contributed by atoms with Crippen molar-refractivity contribution >= 4 is 16.7 Å². The third-order valence-electron chi connectivity index (χ3n) is 5.38. The van der Waals surface area contributed by atoms with Gasteiger partial charge in [-0.15, -0.1) is 0 Å². The molecule has 0 atom stereocenters. The van der Waals surface area contributed by atoms with Gasteiger partial charge in [-0.25, -0.2) is 9.36 Å². The first-order valence-electron chi connectivity index (χ1n) is 9.87. The molecule has 7 nitrogen and oxygen atoms in total. The van der Waals surface area contributed by atoms with Crippen molar-refractivity contribution in [2.45, 2.75) is 25.3 Å². The molecule has 7 heteroatoms. The van der Waals surface area contributed by atoms with Crippen molar-refractivity contribution in [2.24, 2.45) is 0 Å². The van der Waals surface area contributed by atoms with Gasteiger partial charge in [0.2, 0.25) is 0 Å². The molecule has 0 N–H and O–H groups in total. The normalized spacial score (nSPS) is 13.5. The van der Waals surface area contributed by atoms with Crippen LogP contribution in [0.15, 0.2) is 65.6 Å². The third-order valence-corrected chi connectivity index (χ3v) is 5.38. The Labute approximate surface area is 172 Å². The van der Waals surface area contributed by atoms with Gasteiger partial charge in [-0.2, -0.15) is 10.2 Å². The van der Waals surface area contributed by atoms with E-state index in [1.807, 2.05) is 30.3 Å². The minimum absolute atomic E-state index is 0.124. The molecule has 5 rings (SSSR count). The number of Topliss-reactive ketones (excluding diaryl/α,β-unsaturated/α-hetero) is 1. The fourth-order valence-electron chi connectivity index (χ4n) is 3.63.